The van der Waals surface area contributed by atoms with Crippen LogP contribution in [0.2, 0.25) is 0 Å². The maximum absolute atomic E-state index is 12.0. The van der Waals surface area contributed by atoms with Gasteiger partial charge in [0.15, 0.2) is 12.6 Å². The number of methoxy groups -OCH3 is 1. The van der Waals surface area contributed by atoms with E-state index in [-0.39, 0.29) is 0 Å². The van der Waals surface area contributed by atoms with Crippen molar-refractivity contribution < 1.29 is 28.5 Å². The lowest BCUT2D eigenvalue weighted by Crippen LogP contribution is -2.16. The Kier molecular flexibility index (Phi) is 4.07. The van der Waals surface area contributed by atoms with Crippen LogP contribution < -0.4 is 5.73 Å². The number of carbonyl (C=O) groups excluding carboxylic acids is 1. The fourth-order valence-electron chi connectivity index (χ4n) is 2.50. The van der Waals surface area contributed by atoms with Gasteiger partial charge in [-0.25, -0.2) is 4.79 Å². The Balaban J connectivity index is 2.11. The smallest absolute Gasteiger partial charge is 0.338 e. The largest absolute Gasteiger partial charge is 0.465 e. The molecule has 114 valence electrons. The van der Waals surface area contributed by atoms with Gasteiger partial charge in [0, 0.05) is 16.8 Å². The first-order valence-corrected chi connectivity index (χ1v) is 6.68. The van der Waals surface area contributed by atoms with Gasteiger partial charge in [-0.15, -0.1) is 0 Å². The minimum atomic E-state index is -0.650. The van der Waals surface area contributed by atoms with Gasteiger partial charge in [-0.3, -0.25) is 0 Å². The number of carbonyl (C=O) groups is 1. The maximum atomic E-state index is 12.0. The van der Waals surface area contributed by atoms with Crippen molar-refractivity contribution in [3.63, 3.8) is 0 Å². The van der Waals surface area contributed by atoms with Gasteiger partial charge < -0.3 is 29.4 Å². The van der Waals surface area contributed by atoms with Crippen molar-refractivity contribution in [2.75, 3.05) is 39.3 Å². The molecule has 0 aliphatic carbocycles. The van der Waals surface area contributed by atoms with Crippen molar-refractivity contribution in [1.82, 2.24) is 0 Å². The van der Waals surface area contributed by atoms with Gasteiger partial charge in [0.1, 0.15) is 0 Å². The molecule has 0 atom stereocenters. The van der Waals surface area contributed by atoms with Crippen LogP contribution in [0.4, 0.5) is 5.69 Å². The zero-order valence-corrected chi connectivity index (χ0v) is 11.7. The number of nitrogen functional groups attached to an aromatic ring is 1. The van der Waals surface area contributed by atoms with Crippen LogP contribution in [-0.4, -0.2) is 39.5 Å². The number of anilines is 1. The van der Waals surface area contributed by atoms with Crippen LogP contribution >= 0.6 is 0 Å². The molecule has 2 aliphatic rings. The summed E-state index contributed by atoms with van der Waals surface area (Å²) in [6.07, 6.45) is -1.23. The van der Waals surface area contributed by atoms with Crippen LogP contribution in [0.15, 0.2) is 12.1 Å². The highest BCUT2D eigenvalue weighted by atomic mass is 16.7. The Hall–Kier alpha value is -1.67. The average Bonchev–Trinajstić information content (AvgIpc) is 3.18. The summed E-state index contributed by atoms with van der Waals surface area (Å²) in [6.45, 7) is 1.89. The molecule has 2 aliphatic heterocycles. The van der Waals surface area contributed by atoms with Crippen molar-refractivity contribution >= 4 is 11.7 Å². The molecule has 1 aromatic rings. The van der Waals surface area contributed by atoms with Gasteiger partial charge in [0.2, 0.25) is 0 Å². The molecule has 0 bridgehead atoms. The molecule has 0 spiro atoms. The van der Waals surface area contributed by atoms with E-state index < -0.39 is 18.5 Å². The second-order valence-corrected chi connectivity index (χ2v) is 4.71. The lowest BCUT2D eigenvalue weighted by Gasteiger charge is -2.21. The third-order valence-electron chi connectivity index (χ3n) is 3.37. The Morgan fingerprint density at radius 2 is 1.67 bits per heavy atom. The molecule has 2 saturated heterocycles. The van der Waals surface area contributed by atoms with E-state index in [0.29, 0.717) is 48.8 Å². The van der Waals surface area contributed by atoms with Crippen LogP contribution in [-0.2, 0) is 23.7 Å². The quantitative estimate of drug-likeness (QED) is 0.660. The molecule has 7 nitrogen and oxygen atoms in total. The normalized spacial score (nSPS) is 20.0. The zero-order valence-electron chi connectivity index (χ0n) is 11.7. The van der Waals surface area contributed by atoms with Crippen LogP contribution in [0, 0.1) is 0 Å². The molecular formula is C14H17NO6. The number of rotatable bonds is 3. The number of ether oxygens (including phenoxy) is 5. The first kappa shape index (κ1) is 14.3. The molecule has 0 unspecified atom stereocenters. The van der Waals surface area contributed by atoms with Gasteiger partial charge >= 0.3 is 5.97 Å². The maximum Gasteiger partial charge on any atom is 0.338 e. The van der Waals surface area contributed by atoms with Gasteiger partial charge in [-0.1, -0.05) is 0 Å². The van der Waals surface area contributed by atoms with Crippen molar-refractivity contribution in [2.24, 2.45) is 0 Å². The molecule has 2 heterocycles. The SMILES string of the molecule is COC(=O)c1cc(N)cc(C2OCCO2)c1C1OCCO1. The van der Waals surface area contributed by atoms with Crippen LogP contribution in [0.3, 0.4) is 0 Å². The molecule has 0 saturated carbocycles. The van der Waals surface area contributed by atoms with Crippen molar-refractivity contribution in [3.8, 4) is 0 Å². The number of nitrogens with two attached hydrogens (primary N) is 1. The molecule has 1 aromatic carbocycles. The van der Waals surface area contributed by atoms with Crippen LogP contribution in [0.5, 0.6) is 0 Å². The van der Waals surface area contributed by atoms with E-state index in [2.05, 4.69) is 0 Å². The van der Waals surface area contributed by atoms with Gasteiger partial charge in [-0.05, 0) is 12.1 Å². The summed E-state index contributed by atoms with van der Waals surface area (Å²) in [4.78, 5) is 12.0. The third-order valence-corrected chi connectivity index (χ3v) is 3.37. The highest BCUT2D eigenvalue weighted by Gasteiger charge is 2.32. The lowest BCUT2D eigenvalue weighted by atomic mass is 9.98. The first-order valence-electron chi connectivity index (χ1n) is 6.68. The van der Waals surface area contributed by atoms with E-state index in [1.165, 1.54) is 7.11 Å². The molecule has 7 heteroatoms. The van der Waals surface area contributed by atoms with E-state index in [1.807, 2.05) is 0 Å². The van der Waals surface area contributed by atoms with E-state index in [9.17, 15) is 4.79 Å². The Bertz CT molecular complexity index is 535. The Morgan fingerprint density at radius 1 is 1.10 bits per heavy atom. The number of benzene rings is 1. The molecule has 2 fully saturated rings. The van der Waals surface area contributed by atoms with E-state index >= 15 is 0 Å². The molecule has 21 heavy (non-hydrogen) atoms. The predicted molar refractivity (Wildman–Crippen MR) is 71.5 cm³/mol. The molecule has 0 amide bonds. The fraction of sp³-hybridized carbons (Fsp3) is 0.500. The number of hydrogen-bond acceptors (Lipinski definition) is 7. The average molecular weight is 295 g/mol. The molecule has 0 radical (unpaired) electrons. The van der Waals surface area contributed by atoms with Gasteiger partial charge in [-0.2, -0.15) is 0 Å². The van der Waals surface area contributed by atoms with E-state index in [4.69, 9.17) is 29.4 Å². The summed E-state index contributed by atoms with van der Waals surface area (Å²) >= 11 is 0. The minimum absolute atomic E-state index is 0.304. The van der Waals surface area contributed by atoms with Crippen LogP contribution in [0.25, 0.3) is 0 Å². The lowest BCUT2D eigenvalue weighted by molar-refractivity contribution is -0.0641. The van der Waals surface area contributed by atoms with Crippen molar-refractivity contribution in [3.05, 3.63) is 28.8 Å². The summed E-state index contributed by atoms with van der Waals surface area (Å²) < 4.78 is 26.9. The highest BCUT2D eigenvalue weighted by Crippen LogP contribution is 2.37. The first-order chi connectivity index (χ1) is 10.2. The summed E-state index contributed by atoms with van der Waals surface area (Å²) in [5.41, 5.74) is 7.81. The third kappa shape index (κ3) is 2.73. The number of hydrogen-bond donors (Lipinski definition) is 1. The predicted octanol–water partition coefficient (Wildman–Crippen LogP) is 1.15. The molecular weight excluding hydrogens is 278 g/mol. The van der Waals surface area contributed by atoms with Gasteiger partial charge in [0.05, 0.1) is 39.1 Å². The Labute approximate surface area is 121 Å². The number of esters is 1. The summed E-state index contributed by atoms with van der Waals surface area (Å²) in [5.74, 6) is -0.504. The zero-order chi connectivity index (χ0) is 14.8. The summed E-state index contributed by atoms with van der Waals surface area (Å²) in [6, 6.07) is 3.26. The van der Waals surface area contributed by atoms with Crippen molar-refractivity contribution in [1.29, 1.82) is 0 Å². The minimum Gasteiger partial charge on any atom is -0.465 e. The van der Waals surface area contributed by atoms with E-state index in [1.54, 1.807) is 12.1 Å². The highest BCUT2D eigenvalue weighted by molar-refractivity contribution is 5.92. The molecule has 0 aromatic heterocycles. The molecule has 2 N–H and O–H groups in total. The summed E-state index contributed by atoms with van der Waals surface area (Å²) in [7, 11) is 1.31. The fourth-order valence-corrected chi connectivity index (χ4v) is 2.50. The van der Waals surface area contributed by atoms with Gasteiger partial charge in [0.25, 0.3) is 0 Å². The standard InChI is InChI=1S/C14H17NO6/c1-17-12(16)9-6-8(15)7-10(13-18-2-3-19-13)11(9)14-20-4-5-21-14/h6-7,13-14H,2-5,15H2,1H3. The second-order valence-electron chi connectivity index (χ2n) is 4.71. The van der Waals surface area contributed by atoms with Crippen molar-refractivity contribution in [2.45, 2.75) is 12.6 Å². The molecule has 3 rings (SSSR count). The van der Waals surface area contributed by atoms with E-state index in [0.717, 1.165) is 0 Å². The second kappa shape index (κ2) is 5.98. The Morgan fingerprint density at radius 3 is 2.24 bits per heavy atom. The van der Waals surface area contributed by atoms with Crippen LogP contribution in [0.1, 0.15) is 34.1 Å². The monoisotopic (exact) mass is 295 g/mol. The summed E-state index contributed by atoms with van der Waals surface area (Å²) in [5, 5.41) is 0. The topological polar surface area (TPSA) is 89.2 Å².